The van der Waals surface area contributed by atoms with Gasteiger partial charge >= 0.3 is 0 Å². The molecule has 2 heterocycles. The predicted octanol–water partition coefficient (Wildman–Crippen LogP) is 11.4. The fraction of sp³-hybridized carbons (Fsp3) is 0.463. The summed E-state index contributed by atoms with van der Waals surface area (Å²) in [5, 5.41) is 11.4. The Morgan fingerprint density at radius 3 is 1.91 bits per heavy atom. The van der Waals surface area contributed by atoms with E-state index in [2.05, 4.69) is 131 Å². The molecule has 0 aliphatic rings. The van der Waals surface area contributed by atoms with Crippen molar-refractivity contribution in [2.75, 3.05) is 0 Å². The van der Waals surface area contributed by atoms with Crippen molar-refractivity contribution in [1.82, 2.24) is 4.98 Å². The molecule has 0 bridgehead atoms. The van der Waals surface area contributed by atoms with Gasteiger partial charge in [-0.15, -0.1) is 34.9 Å². The van der Waals surface area contributed by atoms with E-state index < -0.39 is 0 Å². The van der Waals surface area contributed by atoms with Crippen molar-refractivity contribution < 1.29 is 34.4 Å². The molecule has 0 fully saturated rings. The average molecular weight is 801 g/mol. The van der Waals surface area contributed by atoms with Gasteiger partial charge in [0.1, 0.15) is 11.3 Å². The zero-order valence-electron chi connectivity index (χ0n) is 30.1. The van der Waals surface area contributed by atoms with Gasteiger partial charge in [-0.2, -0.15) is 0 Å². The van der Waals surface area contributed by atoms with Gasteiger partial charge in [0.15, 0.2) is 5.78 Å². The minimum absolute atomic E-state index is 0. The summed E-state index contributed by atoms with van der Waals surface area (Å²) in [5.74, 6) is 2.56. The van der Waals surface area contributed by atoms with Crippen molar-refractivity contribution in [3.05, 3.63) is 88.3 Å². The van der Waals surface area contributed by atoms with Crippen LogP contribution in [0.4, 0.5) is 0 Å². The second kappa shape index (κ2) is 16.7. The monoisotopic (exact) mass is 801 g/mol. The molecule has 0 saturated carbocycles. The molecule has 2 aromatic heterocycles. The number of allylic oxidation sites excluding steroid dienone is 2. The minimum Gasteiger partial charge on any atom is -0.512 e. The first-order chi connectivity index (χ1) is 21.0. The van der Waals surface area contributed by atoms with Gasteiger partial charge in [-0.1, -0.05) is 93.0 Å². The van der Waals surface area contributed by atoms with Crippen LogP contribution in [0.5, 0.6) is 0 Å². The molecular weight excluding hydrogens is 747 g/mol. The van der Waals surface area contributed by atoms with Gasteiger partial charge in [-0.25, -0.2) is 0 Å². The molecule has 1 N–H and O–H groups in total. The number of aliphatic hydroxyl groups excluding tert-OH is 1. The Labute approximate surface area is 291 Å². The summed E-state index contributed by atoms with van der Waals surface area (Å²) in [6, 6.07) is 16.2. The molecule has 46 heavy (non-hydrogen) atoms. The van der Waals surface area contributed by atoms with Crippen LogP contribution in [-0.2, 0) is 24.9 Å². The summed E-state index contributed by atoms with van der Waals surface area (Å²) < 4.78 is 6.39. The van der Waals surface area contributed by atoms with Gasteiger partial charge in [0.2, 0.25) is 0 Å². The number of aryl methyl sites for hydroxylation is 5. The Bertz CT molecular complexity index is 1620. The van der Waals surface area contributed by atoms with E-state index in [0.29, 0.717) is 23.7 Å². The SMILES string of the molecule is CC(C)C(C(=O)/C=C(\O)C(C(C)C)C(C)C)C(C)C.Cc1[c-]c(-c2nccc3c(C)c(-c4ccc(C)cc4C)oc23)cc(C)c1.[Ir]. The summed E-state index contributed by atoms with van der Waals surface area (Å²) in [5.41, 5.74) is 9.75. The molecule has 1 radical (unpaired) electrons. The van der Waals surface area contributed by atoms with E-state index in [0.717, 1.165) is 44.7 Å². The number of rotatable bonds is 9. The van der Waals surface area contributed by atoms with Crippen LogP contribution in [0.25, 0.3) is 33.6 Å². The molecule has 2 aromatic carbocycles. The third-order valence-corrected chi connectivity index (χ3v) is 8.72. The molecule has 4 nitrogen and oxygen atoms in total. The van der Waals surface area contributed by atoms with Crippen molar-refractivity contribution in [3.63, 3.8) is 0 Å². The maximum absolute atomic E-state index is 12.3. The normalized spacial score (nSPS) is 12.0. The van der Waals surface area contributed by atoms with Crippen LogP contribution in [0.1, 0.15) is 83.2 Å². The van der Waals surface area contributed by atoms with Crippen molar-refractivity contribution in [1.29, 1.82) is 0 Å². The number of hydrogen-bond acceptors (Lipinski definition) is 4. The van der Waals surface area contributed by atoms with Gasteiger partial charge < -0.3 is 14.5 Å². The van der Waals surface area contributed by atoms with Crippen LogP contribution >= 0.6 is 0 Å². The number of fused-ring (bicyclic) bond motifs is 1. The Kier molecular flexibility index (Phi) is 14.2. The van der Waals surface area contributed by atoms with Crippen molar-refractivity contribution in [2.24, 2.45) is 35.5 Å². The Morgan fingerprint density at radius 1 is 0.804 bits per heavy atom. The largest absolute Gasteiger partial charge is 0.512 e. The number of pyridine rings is 1. The van der Waals surface area contributed by atoms with Gasteiger partial charge in [-0.3, -0.25) is 4.79 Å². The molecular formula is C41H54IrNO3-. The number of carbonyl (C=O) groups is 1. The Morgan fingerprint density at radius 2 is 1.39 bits per heavy atom. The van der Waals surface area contributed by atoms with E-state index in [1.807, 2.05) is 12.3 Å². The quantitative estimate of drug-likeness (QED) is 0.104. The van der Waals surface area contributed by atoms with E-state index in [4.69, 9.17) is 4.42 Å². The molecule has 5 heteroatoms. The number of carbonyl (C=O) groups excluding carboxylic acids is 1. The first-order valence-corrected chi connectivity index (χ1v) is 16.4. The number of hydrogen-bond donors (Lipinski definition) is 1. The molecule has 0 aliphatic heterocycles. The van der Waals surface area contributed by atoms with E-state index >= 15 is 0 Å². The zero-order chi connectivity index (χ0) is 33.7. The van der Waals surface area contributed by atoms with Gasteiger partial charge in [0.05, 0.1) is 5.76 Å². The first-order valence-electron chi connectivity index (χ1n) is 16.4. The van der Waals surface area contributed by atoms with Crippen molar-refractivity contribution >= 4 is 16.8 Å². The Balaban J connectivity index is 0.000000332. The van der Waals surface area contributed by atoms with Crippen molar-refractivity contribution in [2.45, 2.75) is 90.0 Å². The summed E-state index contributed by atoms with van der Waals surface area (Å²) in [7, 11) is 0. The summed E-state index contributed by atoms with van der Waals surface area (Å²) >= 11 is 0. The van der Waals surface area contributed by atoms with Crippen molar-refractivity contribution in [3.8, 4) is 22.6 Å². The topological polar surface area (TPSA) is 63.3 Å². The molecule has 4 rings (SSSR count). The first kappa shape index (κ1) is 39.2. The number of aromatic nitrogens is 1. The van der Waals surface area contributed by atoms with Gasteiger partial charge in [0, 0.05) is 66.4 Å². The maximum Gasteiger partial charge on any atom is 0.162 e. The molecule has 0 spiro atoms. The summed E-state index contributed by atoms with van der Waals surface area (Å²) in [6.45, 7) is 27.1. The maximum atomic E-state index is 12.3. The minimum atomic E-state index is -0.0119. The van der Waals surface area contributed by atoms with Crippen LogP contribution in [0.15, 0.2) is 58.8 Å². The molecule has 0 amide bonds. The molecule has 0 aliphatic carbocycles. The van der Waals surface area contributed by atoms with E-state index in [9.17, 15) is 9.90 Å². The van der Waals surface area contributed by atoms with Crippen LogP contribution < -0.4 is 0 Å². The molecule has 0 saturated heterocycles. The summed E-state index contributed by atoms with van der Waals surface area (Å²) in [6.07, 6.45) is 3.34. The number of benzene rings is 2. The predicted molar refractivity (Wildman–Crippen MR) is 189 cm³/mol. The number of ketones is 1. The summed E-state index contributed by atoms with van der Waals surface area (Å²) in [4.78, 5) is 17.0. The second-order valence-electron chi connectivity index (χ2n) is 14.2. The standard InChI is InChI=1S/C24H22NO.C17H32O2.Ir/c1-14-6-7-20(17(4)11-14)23-18(5)21-8-9-25-22(24(21)26-23)19-12-15(2)10-16(3)13-19;1-10(2)16(11(3)4)14(18)9-15(19)17(12(5)6)13(7)8;/h6-12H,1-5H3;9-13,16-18H,1-8H3;/q-1;;/b;14-9-;. The molecule has 0 unspecified atom stereocenters. The van der Waals surface area contributed by atoms with Gasteiger partial charge in [-0.05, 0) is 56.1 Å². The molecule has 0 atom stereocenters. The molecule has 251 valence electrons. The second-order valence-corrected chi connectivity index (χ2v) is 14.2. The zero-order valence-corrected chi connectivity index (χ0v) is 32.5. The third kappa shape index (κ3) is 9.29. The Hall–Kier alpha value is -3.01. The van der Waals surface area contributed by atoms with E-state index in [1.54, 1.807) is 0 Å². The fourth-order valence-electron chi connectivity index (χ4n) is 6.91. The smallest absolute Gasteiger partial charge is 0.162 e. The van der Waals surface area contributed by atoms with Crippen LogP contribution in [-0.4, -0.2) is 15.9 Å². The number of nitrogens with zero attached hydrogens (tertiary/aromatic N) is 1. The average Bonchev–Trinajstić information content (AvgIpc) is 3.23. The van der Waals surface area contributed by atoms with E-state index in [-0.39, 0.29) is 43.5 Å². The third-order valence-electron chi connectivity index (χ3n) is 8.72. The van der Waals surface area contributed by atoms with Crippen LogP contribution in [0.3, 0.4) is 0 Å². The van der Waals surface area contributed by atoms with Crippen LogP contribution in [0, 0.1) is 76.2 Å². The number of furan rings is 1. The van der Waals surface area contributed by atoms with Gasteiger partial charge in [0.25, 0.3) is 0 Å². The fourth-order valence-corrected chi connectivity index (χ4v) is 6.91. The van der Waals surface area contributed by atoms with Crippen LogP contribution in [0.2, 0.25) is 0 Å². The van der Waals surface area contributed by atoms with E-state index in [1.165, 1.54) is 22.8 Å². The molecule has 4 aromatic rings. The number of aliphatic hydroxyl groups is 1.